The molecular weight excluding hydrogens is 292 g/mol. The lowest BCUT2D eigenvalue weighted by atomic mass is 9.86. The summed E-state index contributed by atoms with van der Waals surface area (Å²) in [5.74, 6) is 1.06. The van der Waals surface area contributed by atoms with E-state index in [1.54, 1.807) is 11.9 Å². The van der Waals surface area contributed by atoms with Crippen LogP contribution in [0.3, 0.4) is 0 Å². The minimum Gasteiger partial charge on any atom is -0.494 e. The van der Waals surface area contributed by atoms with Gasteiger partial charge in [0.15, 0.2) is 0 Å². The number of hydrogen-bond acceptors (Lipinski definition) is 3. The zero-order valence-electron chi connectivity index (χ0n) is 13.9. The highest BCUT2D eigenvalue weighted by atomic mass is 16.5. The van der Waals surface area contributed by atoms with Gasteiger partial charge in [0.25, 0.3) is 0 Å². The van der Waals surface area contributed by atoms with Gasteiger partial charge in [-0.25, -0.2) is 4.79 Å². The van der Waals surface area contributed by atoms with Crippen LogP contribution in [-0.4, -0.2) is 48.9 Å². The molecule has 0 aromatic heterocycles. The van der Waals surface area contributed by atoms with E-state index in [1.807, 2.05) is 30.3 Å². The summed E-state index contributed by atoms with van der Waals surface area (Å²) in [5, 5.41) is 12.9. The Morgan fingerprint density at radius 1 is 1.30 bits per heavy atom. The van der Waals surface area contributed by atoms with Gasteiger partial charge in [-0.05, 0) is 31.4 Å². The summed E-state index contributed by atoms with van der Waals surface area (Å²) in [7, 11) is 1.79. The molecule has 1 aromatic carbocycles. The molecule has 1 aliphatic rings. The third-order valence-electron chi connectivity index (χ3n) is 4.33. The van der Waals surface area contributed by atoms with Crippen LogP contribution in [0.1, 0.15) is 32.1 Å². The van der Waals surface area contributed by atoms with Crippen LogP contribution in [0.25, 0.3) is 0 Å². The number of aliphatic hydroxyl groups excluding tert-OH is 1. The number of rotatable bonds is 7. The fraction of sp³-hybridized carbons (Fsp3) is 0.611. The first-order valence-electron chi connectivity index (χ1n) is 8.51. The summed E-state index contributed by atoms with van der Waals surface area (Å²) < 4.78 is 5.59. The van der Waals surface area contributed by atoms with Crippen LogP contribution < -0.4 is 10.1 Å². The third-order valence-corrected chi connectivity index (χ3v) is 4.33. The molecule has 0 aliphatic heterocycles. The topological polar surface area (TPSA) is 61.8 Å². The van der Waals surface area contributed by atoms with Crippen LogP contribution in [0.4, 0.5) is 4.79 Å². The Morgan fingerprint density at radius 3 is 2.78 bits per heavy atom. The number of amides is 2. The summed E-state index contributed by atoms with van der Waals surface area (Å²) in [6.07, 6.45) is 4.60. The Bertz CT molecular complexity index is 467. The van der Waals surface area contributed by atoms with E-state index in [0.29, 0.717) is 19.7 Å². The molecule has 1 fully saturated rings. The summed E-state index contributed by atoms with van der Waals surface area (Å²) >= 11 is 0. The van der Waals surface area contributed by atoms with E-state index in [2.05, 4.69) is 5.32 Å². The normalized spacial score (nSPS) is 20.8. The molecule has 2 atom stereocenters. The number of carbonyl (C=O) groups is 1. The quantitative estimate of drug-likeness (QED) is 0.759. The number of nitrogens with zero attached hydrogens (tertiary/aromatic N) is 1. The minimum atomic E-state index is -0.265. The molecule has 5 nitrogen and oxygen atoms in total. The zero-order chi connectivity index (χ0) is 16.5. The Kier molecular flexibility index (Phi) is 7.20. The van der Waals surface area contributed by atoms with Gasteiger partial charge in [-0.2, -0.15) is 0 Å². The highest BCUT2D eigenvalue weighted by Gasteiger charge is 2.25. The minimum absolute atomic E-state index is 0.0810. The molecule has 1 saturated carbocycles. The van der Waals surface area contributed by atoms with Crippen LogP contribution in [-0.2, 0) is 0 Å². The first-order valence-corrected chi connectivity index (χ1v) is 8.51. The predicted molar refractivity (Wildman–Crippen MR) is 90.5 cm³/mol. The molecule has 0 radical (unpaired) electrons. The number of nitrogens with one attached hydrogen (secondary N) is 1. The molecule has 23 heavy (non-hydrogen) atoms. The number of carbonyl (C=O) groups excluding carboxylic acids is 1. The van der Waals surface area contributed by atoms with Gasteiger partial charge in [-0.15, -0.1) is 0 Å². The molecule has 1 aliphatic carbocycles. The van der Waals surface area contributed by atoms with Crippen LogP contribution in [0.2, 0.25) is 0 Å². The first kappa shape index (κ1) is 17.6. The summed E-state index contributed by atoms with van der Waals surface area (Å²) in [6.45, 7) is 1.78. The summed E-state index contributed by atoms with van der Waals surface area (Å²) in [6, 6.07) is 9.58. The van der Waals surface area contributed by atoms with Crippen molar-refractivity contribution >= 4 is 6.03 Å². The highest BCUT2D eigenvalue weighted by molar-refractivity contribution is 5.73. The van der Waals surface area contributed by atoms with E-state index in [-0.39, 0.29) is 18.1 Å². The number of ether oxygens (including phenoxy) is 1. The molecular formula is C18H28N2O3. The maximum atomic E-state index is 12.0. The molecule has 128 valence electrons. The van der Waals surface area contributed by atoms with Gasteiger partial charge >= 0.3 is 6.03 Å². The van der Waals surface area contributed by atoms with Crippen molar-refractivity contribution in [1.29, 1.82) is 0 Å². The van der Waals surface area contributed by atoms with Gasteiger partial charge in [0.1, 0.15) is 5.75 Å². The Hall–Kier alpha value is -1.75. The Labute approximate surface area is 138 Å². The molecule has 0 saturated heterocycles. The highest BCUT2D eigenvalue weighted by Crippen LogP contribution is 2.24. The standard InChI is InChI=1S/C18H28N2O3/c1-20(14-15-8-5-6-11-17(15)21)18(22)19-12-7-13-23-16-9-3-2-4-10-16/h2-4,9-10,15,17,21H,5-8,11-14H2,1H3,(H,19,22). The first-order chi connectivity index (χ1) is 11.2. The third kappa shape index (κ3) is 6.10. The van der Waals surface area contributed by atoms with E-state index in [0.717, 1.165) is 37.9 Å². The summed E-state index contributed by atoms with van der Waals surface area (Å²) in [5.41, 5.74) is 0. The average molecular weight is 320 g/mol. The van der Waals surface area contributed by atoms with Gasteiger partial charge in [-0.1, -0.05) is 31.0 Å². The maximum Gasteiger partial charge on any atom is 0.317 e. The molecule has 2 unspecified atom stereocenters. The summed E-state index contributed by atoms with van der Waals surface area (Å²) in [4.78, 5) is 13.7. The molecule has 5 heteroatoms. The smallest absolute Gasteiger partial charge is 0.317 e. The number of aliphatic hydroxyl groups is 1. The van der Waals surface area contributed by atoms with Gasteiger partial charge < -0.3 is 20.1 Å². The van der Waals surface area contributed by atoms with Gasteiger partial charge in [0, 0.05) is 26.1 Å². The van der Waals surface area contributed by atoms with Crippen molar-refractivity contribution in [3.63, 3.8) is 0 Å². The molecule has 0 spiro atoms. The van der Waals surface area contributed by atoms with E-state index < -0.39 is 0 Å². The lowest BCUT2D eigenvalue weighted by Crippen LogP contribution is -2.43. The SMILES string of the molecule is CN(CC1CCCCC1O)C(=O)NCCCOc1ccccc1. The van der Waals surface area contributed by atoms with E-state index >= 15 is 0 Å². The lowest BCUT2D eigenvalue weighted by Gasteiger charge is -2.31. The second-order valence-electron chi connectivity index (χ2n) is 6.24. The van der Waals surface area contributed by atoms with E-state index in [4.69, 9.17) is 4.74 Å². The molecule has 0 bridgehead atoms. The second kappa shape index (κ2) is 9.40. The van der Waals surface area contributed by atoms with E-state index in [9.17, 15) is 9.90 Å². The molecule has 1 aromatic rings. The Morgan fingerprint density at radius 2 is 2.04 bits per heavy atom. The van der Waals surface area contributed by atoms with Crippen molar-refractivity contribution in [2.24, 2.45) is 5.92 Å². The Balaban J connectivity index is 1.58. The molecule has 0 heterocycles. The van der Waals surface area contributed by atoms with Crippen LogP contribution in [0.15, 0.2) is 30.3 Å². The fourth-order valence-corrected chi connectivity index (χ4v) is 2.94. The van der Waals surface area contributed by atoms with Gasteiger partial charge in [0.05, 0.1) is 12.7 Å². The molecule has 2 N–H and O–H groups in total. The lowest BCUT2D eigenvalue weighted by molar-refractivity contribution is 0.0565. The number of hydrogen-bond donors (Lipinski definition) is 2. The van der Waals surface area contributed by atoms with Crippen LogP contribution >= 0.6 is 0 Å². The van der Waals surface area contributed by atoms with Crippen molar-refractivity contribution in [2.45, 2.75) is 38.2 Å². The number of urea groups is 1. The largest absolute Gasteiger partial charge is 0.494 e. The van der Waals surface area contributed by atoms with Gasteiger partial charge in [0.2, 0.25) is 0 Å². The van der Waals surface area contributed by atoms with Crippen molar-refractivity contribution in [1.82, 2.24) is 10.2 Å². The fourth-order valence-electron chi connectivity index (χ4n) is 2.94. The average Bonchev–Trinajstić information content (AvgIpc) is 2.57. The number of benzene rings is 1. The second-order valence-corrected chi connectivity index (χ2v) is 6.24. The number of para-hydroxylation sites is 1. The van der Waals surface area contributed by atoms with Crippen LogP contribution in [0, 0.1) is 5.92 Å². The maximum absolute atomic E-state index is 12.0. The van der Waals surface area contributed by atoms with E-state index in [1.165, 1.54) is 0 Å². The van der Waals surface area contributed by atoms with Crippen molar-refractivity contribution in [3.8, 4) is 5.75 Å². The predicted octanol–water partition coefficient (Wildman–Crippen LogP) is 2.65. The zero-order valence-corrected chi connectivity index (χ0v) is 13.9. The van der Waals surface area contributed by atoms with Gasteiger partial charge in [-0.3, -0.25) is 0 Å². The van der Waals surface area contributed by atoms with Crippen LogP contribution in [0.5, 0.6) is 5.75 Å². The van der Waals surface area contributed by atoms with Crippen molar-refractivity contribution < 1.29 is 14.6 Å². The monoisotopic (exact) mass is 320 g/mol. The van der Waals surface area contributed by atoms with Crippen molar-refractivity contribution in [2.75, 3.05) is 26.7 Å². The molecule has 2 rings (SSSR count). The van der Waals surface area contributed by atoms with Crippen molar-refractivity contribution in [3.05, 3.63) is 30.3 Å². The molecule has 2 amide bonds.